The first kappa shape index (κ1) is 20.7. The highest BCUT2D eigenvalue weighted by Gasteiger charge is 2.22. The summed E-state index contributed by atoms with van der Waals surface area (Å²) >= 11 is 0. The van der Waals surface area contributed by atoms with E-state index in [0.717, 1.165) is 34.1 Å². The molecule has 0 radical (unpaired) electrons. The number of ether oxygens (including phenoxy) is 1. The van der Waals surface area contributed by atoms with Crippen molar-refractivity contribution < 1.29 is 9.53 Å². The molecule has 3 aromatic rings. The van der Waals surface area contributed by atoms with Crippen molar-refractivity contribution in [1.29, 1.82) is 0 Å². The lowest BCUT2D eigenvalue weighted by atomic mass is 10.1. The SMILES string of the molecule is COc1cccc(-c2ccc(N3CCN(C(=O)Nc4cccc(C)c4C)CC3)nn2)c1. The maximum Gasteiger partial charge on any atom is 0.321 e. The molecule has 4 rings (SSSR count). The highest BCUT2D eigenvalue weighted by Crippen LogP contribution is 2.23. The molecule has 0 atom stereocenters. The molecule has 7 nitrogen and oxygen atoms in total. The molecule has 160 valence electrons. The van der Waals surface area contributed by atoms with Gasteiger partial charge in [-0.1, -0.05) is 24.3 Å². The van der Waals surface area contributed by atoms with Crippen molar-refractivity contribution in [1.82, 2.24) is 15.1 Å². The van der Waals surface area contributed by atoms with E-state index in [4.69, 9.17) is 4.74 Å². The Kier molecular flexibility index (Phi) is 6.02. The van der Waals surface area contributed by atoms with Crippen LogP contribution in [0.25, 0.3) is 11.3 Å². The van der Waals surface area contributed by atoms with Gasteiger partial charge in [-0.25, -0.2) is 4.79 Å². The minimum atomic E-state index is -0.0622. The summed E-state index contributed by atoms with van der Waals surface area (Å²) in [7, 11) is 1.65. The number of nitrogens with one attached hydrogen (secondary N) is 1. The number of aromatic nitrogens is 2. The zero-order chi connectivity index (χ0) is 21.8. The first-order chi connectivity index (χ1) is 15.0. The molecule has 1 aliphatic rings. The van der Waals surface area contributed by atoms with Crippen LogP contribution in [-0.4, -0.2) is 54.4 Å². The molecule has 0 bridgehead atoms. The number of aryl methyl sites for hydroxylation is 1. The van der Waals surface area contributed by atoms with Gasteiger partial charge in [0.25, 0.3) is 0 Å². The molecular weight excluding hydrogens is 390 g/mol. The quantitative estimate of drug-likeness (QED) is 0.691. The average molecular weight is 418 g/mol. The van der Waals surface area contributed by atoms with Crippen molar-refractivity contribution >= 4 is 17.5 Å². The summed E-state index contributed by atoms with van der Waals surface area (Å²) in [6.45, 7) is 6.77. The number of nitrogens with zero attached hydrogens (tertiary/aromatic N) is 4. The minimum absolute atomic E-state index is 0.0622. The second-order valence-corrected chi connectivity index (χ2v) is 7.66. The summed E-state index contributed by atoms with van der Waals surface area (Å²) < 4.78 is 5.28. The van der Waals surface area contributed by atoms with E-state index in [9.17, 15) is 4.79 Å². The number of hydrogen-bond donors (Lipinski definition) is 1. The lowest BCUT2D eigenvalue weighted by Crippen LogP contribution is -2.50. The van der Waals surface area contributed by atoms with Crippen molar-refractivity contribution in [3.63, 3.8) is 0 Å². The Hall–Kier alpha value is -3.61. The van der Waals surface area contributed by atoms with E-state index in [1.807, 2.05) is 73.3 Å². The van der Waals surface area contributed by atoms with Gasteiger partial charge in [-0.2, -0.15) is 0 Å². The Morgan fingerprint density at radius 2 is 1.74 bits per heavy atom. The number of amides is 2. The van der Waals surface area contributed by atoms with E-state index in [0.29, 0.717) is 26.2 Å². The molecule has 1 N–H and O–H groups in total. The molecule has 1 aromatic heterocycles. The van der Waals surface area contributed by atoms with Gasteiger partial charge in [0.1, 0.15) is 5.75 Å². The predicted octanol–water partition coefficient (Wildman–Crippen LogP) is 4.12. The van der Waals surface area contributed by atoms with Gasteiger partial charge in [0.05, 0.1) is 12.8 Å². The van der Waals surface area contributed by atoms with Crippen LogP contribution in [0.3, 0.4) is 0 Å². The molecule has 1 saturated heterocycles. The summed E-state index contributed by atoms with van der Waals surface area (Å²) in [6, 6.07) is 17.6. The van der Waals surface area contributed by atoms with Crippen LogP contribution in [0.2, 0.25) is 0 Å². The third-order valence-corrected chi connectivity index (χ3v) is 5.75. The van der Waals surface area contributed by atoms with Crippen LogP contribution in [0.1, 0.15) is 11.1 Å². The first-order valence-electron chi connectivity index (χ1n) is 10.4. The van der Waals surface area contributed by atoms with Crippen LogP contribution in [0.4, 0.5) is 16.3 Å². The fourth-order valence-corrected chi connectivity index (χ4v) is 3.65. The Balaban J connectivity index is 1.36. The number of carbonyl (C=O) groups excluding carboxylic acids is 1. The second-order valence-electron chi connectivity index (χ2n) is 7.66. The number of methoxy groups -OCH3 is 1. The second kappa shape index (κ2) is 9.04. The Labute approximate surface area is 182 Å². The number of anilines is 2. The van der Waals surface area contributed by atoms with Crippen LogP contribution in [0.15, 0.2) is 54.6 Å². The fourth-order valence-electron chi connectivity index (χ4n) is 3.65. The van der Waals surface area contributed by atoms with Gasteiger partial charge >= 0.3 is 6.03 Å². The number of rotatable bonds is 4. The highest BCUT2D eigenvalue weighted by atomic mass is 16.5. The molecule has 1 aliphatic heterocycles. The number of urea groups is 1. The third kappa shape index (κ3) is 4.60. The van der Waals surface area contributed by atoms with Gasteiger partial charge < -0.3 is 19.9 Å². The summed E-state index contributed by atoms with van der Waals surface area (Å²) in [5, 5.41) is 11.8. The number of benzene rings is 2. The summed E-state index contributed by atoms with van der Waals surface area (Å²) in [6.07, 6.45) is 0. The molecule has 2 aromatic carbocycles. The molecule has 31 heavy (non-hydrogen) atoms. The lowest BCUT2D eigenvalue weighted by Gasteiger charge is -2.35. The van der Waals surface area contributed by atoms with E-state index >= 15 is 0 Å². The Bertz CT molecular complexity index is 1060. The van der Waals surface area contributed by atoms with Crippen molar-refractivity contribution in [2.24, 2.45) is 0 Å². The lowest BCUT2D eigenvalue weighted by molar-refractivity contribution is 0.208. The first-order valence-corrected chi connectivity index (χ1v) is 10.4. The van der Waals surface area contributed by atoms with Crippen molar-refractivity contribution in [3.8, 4) is 17.0 Å². The normalized spacial score (nSPS) is 13.8. The molecule has 2 heterocycles. The molecule has 7 heteroatoms. The van der Waals surface area contributed by atoms with E-state index in [-0.39, 0.29) is 6.03 Å². The number of hydrogen-bond acceptors (Lipinski definition) is 5. The average Bonchev–Trinajstić information content (AvgIpc) is 2.82. The minimum Gasteiger partial charge on any atom is -0.497 e. The van der Waals surface area contributed by atoms with Crippen LogP contribution in [-0.2, 0) is 0 Å². The molecule has 0 aliphatic carbocycles. The fraction of sp³-hybridized carbons (Fsp3) is 0.292. The standard InChI is InChI=1S/C24H27N5O2/c1-17-6-4-9-21(18(17)2)25-24(30)29-14-12-28(13-15-29)23-11-10-22(26-27-23)19-7-5-8-20(16-19)31-3/h4-11,16H,12-15H2,1-3H3,(H,25,30). The molecule has 2 amide bonds. The maximum absolute atomic E-state index is 12.7. The summed E-state index contributed by atoms with van der Waals surface area (Å²) in [5.74, 6) is 1.61. The Morgan fingerprint density at radius 1 is 0.968 bits per heavy atom. The van der Waals surface area contributed by atoms with Gasteiger partial charge in [-0.15, -0.1) is 10.2 Å². The monoisotopic (exact) mass is 417 g/mol. The topological polar surface area (TPSA) is 70.6 Å². The zero-order valence-corrected chi connectivity index (χ0v) is 18.1. The molecule has 1 fully saturated rings. The van der Waals surface area contributed by atoms with E-state index < -0.39 is 0 Å². The molecular formula is C24H27N5O2. The van der Waals surface area contributed by atoms with E-state index in [2.05, 4.69) is 20.4 Å². The molecule has 0 saturated carbocycles. The Morgan fingerprint density at radius 3 is 2.45 bits per heavy atom. The van der Waals surface area contributed by atoms with Gasteiger partial charge in [0.2, 0.25) is 0 Å². The van der Waals surface area contributed by atoms with E-state index in [1.54, 1.807) is 7.11 Å². The van der Waals surface area contributed by atoms with Crippen LogP contribution >= 0.6 is 0 Å². The van der Waals surface area contributed by atoms with Gasteiger partial charge in [-0.05, 0) is 55.3 Å². The van der Waals surface area contributed by atoms with Crippen LogP contribution in [0, 0.1) is 13.8 Å². The van der Waals surface area contributed by atoms with Crippen molar-refractivity contribution in [3.05, 3.63) is 65.7 Å². The van der Waals surface area contributed by atoms with Gasteiger partial charge in [0, 0.05) is 37.4 Å². The third-order valence-electron chi connectivity index (χ3n) is 5.75. The van der Waals surface area contributed by atoms with Gasteiger partial charge in [-0.3, -0.25) is 0 Å². The summed E-state index contributed by atoms with van der Waals surface area (Å²) in [4.78, 5) is 16.7. The predicted molar refractivity (Wildman–Crippen MR) is 123 cm³/mol. The van der Waals surface area contributed by atoms with Crippen LogP contribution < -0.4 is 15.0 Å². The highest BCUT2D eigenvalue weighted by molar-refractivity contribution is 5.90. The van der Waals surface area contributed by atoms with Crippen molar-refractivity contribution in [2.75, 3.05) is 43.5 Å². The number of piperazine rings is 1. The maximum atomic E-state index is 12.7. The van der Waals surface area contributed by atoms with Crippen molar-refractivity contribution in [2.45, 2.75) is 13.8 Å². The smallest absolute Gasteiger partial charge is 0.321 e. The molecule has 0 unspecified atom stereocenters. The van der Waals surface area contributed by atoms with Gasteiger partial charge in [0.15, 0.2) is 5.82 Å². The largest absolute Gasteiger partial charge is 0.497 e. The summed E-state index contributed by atoms with van der Waals surface area (Å²) in [5.41, 5.74) is 4.89. The molecule has 0 spiro atoms. The number of carbonyl (C=O) groups is 1. The van der Waals surface area contributed by atoms with E-state index in [1.165, 1.54) is 5.56 Å². The van der Waals surface area contributed by atoms with Crippen LogP contribution in [0.5, 0.6) is 5.75 Å². The zero-order valence-electron chi connectivity index (χ0n) is 18.1.